The molecule has 1 aromatic rings. The zero-order chi connectivity index (χ0) is 9.26. The van der Waals surface area contributed by atoms with E-state index in [1.54, 1.807) is 6.07 Å². The van der Waals surface area contributed by atoms with Crippen LogP contribution in [-0.2, 0) is 0 Å². The van der Waals surface area contributed by atoms with E-state index < -0.39 is 0 Å². The van der Waals surface area contributed by atoms with Crippen LogP contribution in [-0.4, -0.2) is 6.54 Å². The minimum atomic E-state index is 0.241. The quantitative estimate of drug-likeness (QED) is 0.708. The molecule has 0 aliphatic carbocycles. The molecular weight excluding hydrogens is 205 g/mol. The Hall–Kier alpha value is -0.500. The van der Waals surface area contributed by atoms with Crippen molar-refractivity contribution in [3.05, 3.63) is 46.0 Å². The van der Waals surface area contributed by atoms with Gasteiger partial charge in [0.05, 0.1) is 6.04 Å². The van der Waals surface area contributed by atoms with Crippen molar-refractivity contribution in [3.63, 3.8) is 0 Å². The molecule has 0 radical (unpaired) electrons. The number of rotatable bonds is 1. The van der Waals surface area contributed by atoms with Crippen LogP contribution in [0.25, 0.3) is 0 Å². The number of hydrogen-bond acceptors (Lipinski definition) is 1. The van der Waals surface area contributed by atoms with Crippen LogP contribution in [0.15, 0.2) is 30.4 Å². The Morgan fingerprint density at radius 3 is 2.77 bits per heavy atom. The highest BCUT2D eigenvalue weighted by Gasteiger charge is 2.13. The lowest BCUT2D eigenvalue weighted by Gasteiger charge is -2.11. The van der Waals surface area contributed by atoms with Gasteiger partial charge < -0.3 is 5.32 Å². The fourth-order valence-electron chi connectivity index (χ4n) is 1.43. The predicted octanol–water partition coefficient (Wildman–Crippen LogP) is 3.19. The zero-order valence-corrected chi connectivity index (χ0v) is 8.44. The summed E-state index contributed by atoms with van der Waals surface area (Å²) in [6.07, 6.45) is 4.20. The van der Waals surface area contributed by atoms with E-state index in [1.165, 1.54) is 0 Å². The van der Waals surface area contributed by atoms with E-state index >= 15 is 0 Å². The second-order valence-corrected chi connectivity index (χ2v) is 3.82. The van der Waals surface area contributed by atoms with Crippen LogP contribution >= 0.6 is 23.2 Å². The average Bonchev–Trinajstić information content (AvgIpc) is 2.56. The Bertz CT molecular complexity index is 347. The van der Waals surface area contributed by atoms with Crippen LogP contribution in [0.1, 0.15) is 11.6 Å². The molecule has 1 unspecified atom stereocenters. The summed E-state index contributed by atoms with van der Waals surface area (Å²) in [5, 5.41) is 4.69. The highest BCUT2D eigenvalue weighted by Crippen LogP contribution is 2.28. The van der Waals surface area contributed by atoms with Gasteiger partial charge in [0.1, 0.15) is 0 Å². The number of benzene rings is 1. The van der Waals surface area contributed by atoms with Crippen LogP contribution in [0.5, 0.6) is 0 Å². The fraction of sp³-hybridized carbons (Fsp3) is 0.200. The first-order valence-electron chi connectivity index (χ1n) is 4.12. The summed E-state index contributed by atoms with van der Waals surface area (Å²) in [4.78, 5) is 0. The van der Waals surface area contributed by atoms with Crippen molar-refractivity contribution in [1.82, 2.24) is 5.32 Å². The molecule has 3 heteroatoms. The molecule has 0 aromatic heterocycles. The Morgan fingerprint density at radius 1 is 1.31 bits per heavy atom. The number of nitrogens with one attached hydrogen (secondary N) is 1. The zero-order valence-electron chi connectivity index (χ0n) is 6.93. The fourth-order valence-corrected chi connectivity index (χ4v) is 1.96. The molecule has 0 fully saturated rings. The van der Waals surface area contributed by atoms with Gasteiger partial charge in [-0.15, -0.1) is 0 Å². The molecule has 1 heterocycles. The predicted molar refractivity (Wildman–Crippen MR) is 56.3 cm³/mol. The van der Waals surface area contributed by atoms with E-state index in [0.717, 1.165) is 17.1 Å². The minimum absolute atomic E-state index is 0.241. The van der Waals surface area contributed by atoms with E-state index in [0.29, 0.717) is 5.02 Å². The van der Waals surface area contributed by atoms with Crippen molar-refractivity contribution in [3.8, 4) is 0 Å². The molecule has 0 saturated carbocycles. The van der Waals surface area contributed by atoms with Crippen LogP contribution in [0.3, 0.4) is 0 Å². The minimum Gasteiger partial charge on any atom is -0.303 e. The molecular formula is C10H9Cl2N. The lowest BCUT2D eigenvalue weighted by atomic mass is 10.1. The van der Waals surface area contributed by atoms with Gasteiger partial charge in [0, 0.05) is 16.6 Å². The first-order chi connectivity index (χ1) is 6.27. The molecule has 1 N–H and O–H groups in total. The molecule has 1 aliphatic rings. The van der Waals surface area contributed by atoms with Crippen LogP contribution in [0.4, 0.5) is 0 Å². The van der Waals surface area contributed by atoms with Gasteiger partial charge in [-0.05, 0) is 17.7 Å². The van der Waals surface area contributed by atoms with Crippen LogP contribution < -0.4 is 5.32 Å². The van der Waals surface area contributed by atoms with Gasteiger partial charge in [0.15, 0.2) is 0 Å². The second kappa shape index (κ2) is 3.70. The molecule has 13 heavy (non-hydrogen) atoms. The van der Waals surface area contributed by atoms with Gasteiger partial charge in [-0.1, -0.05) is 41.4 Å². The lowest BCUT2D eigenvalue weighted by Crippen LogP contribution is -2.13. The molecule has 1 atom stereocenters. The standard InChI is InChI=1S/C10H9Cl2N/c11-7-3-4-8(9(12)6-7)10-2-1-5-13-10/h1-4,6,10,13H,5H2. The molecule has 0 saturated heterocycles. The Morgan fingerprint density at radius 2 is 2.15 bits per heavy atom. The van der Waals surface area contributed by atoms with Gasteiger partial charge in [0.25, 0.3) is 0 Å². The third kappa shape index (κ3) is 1.88. The maximum absolute atomic E-state index is 6.05. The van der Waals surface area contributed by atoms with Gasteiger partial charge >= 0.3 is 0 Å². The molecule has 0 spiro atoms. The van der Waals surface area contributed by atoms with Crippen LogP contribution in [0.2, 0.25) is 10.0 Å². The Balaban J connectivity index is 2.34. The summed E-state index contributed by atoms with van der Waals surface area (Å²) in [5.74, 6) is 0. The Kier molecular flexibility index (Phi) is 2.58. The highest BCUT2D eigenvalue weighted by molar-refractivity contribution is 6.35. The summed E-state index contributed by atoms with van der Waals surface area (Å²) in [6.45, 7) is 0.906. The largest absolute Gasteiger partial charge is 0.303 e. The highest BCUT2D eigenvalue weighted by atomic mass is 35.5. The summed E-state index contributed by atoms with van der Waals surface area (Å²) < 4.78 is 0. The first-order valence-corrected chi connectivity index (χ1v) is 4.88. The molecule has 1 nitrogen and oxygen atoms in total. The smallest absolute Gasteiger partial charge is 0.0524 e. The van der Waals surface area contributed by atoms with E-state index in [2.05, 4.69) is 17.5 Å². The molecule has 1 aliphatic heterocycles. The topological polar surface area (TPSA) is 12.0 Å². The summed E-state index contributed by atoms with van der Waals surface area (Å²) in [5.41, 5.74) is 1.08. The third-order valence-corrected chi connectivity index (χ3v) is 2.64. The van der Waals surface area contributed by atoms with Crippen molar-refractivity contribution in [2.24, 2.45) is 0 Å². The SMILES string of the molecule is Clc1ccc(C2C=CCN2)c(Cl)c1. The normalized spacial score (nSPS) is 20.9. The third-order valence-electron chi connectivity index (χ3n) is 2.08. The number of hydrogen-bond donors (Lipinski definition) is 1. The van der Waals surface area contributed by atoms with Gasteiger partial charge in [-0.3, -0.25) is 0 Å². The molecule has 2 rings (SSSR count). The lowest BCUT2D eigenvalue weighted by molar-refractivity contribution is 0.713. The monoisotopic (exact) mass is 213 g/mol. The second-order valence-electron chi connectivity index (χ2n) is 2.98. The van der Waals surface area contributed by atoms with E-state index in [4.69, 9.17) is 23.2 Å². The Labute approximate surface area is 87.4 Å². The van der Waals surface area contributed by atoms with Crippen molar-refractivity contribution in [2.45, 2.75) is 6.04 Å². The van der Waals surface area contributed by atoms with Gasteiger partial charge in [-0.2, -0.15) is 0 Å². The first kappa shape index (κ1) is 9.07. The van der Waals surface area contributed by atoms with E-state index in [-0.39, 0.29) is 6.04 Å². The average molecular weight is 214 g/mol. The van der Waals surface area contributed by atoms with Gasteiger partial charge in [-0.25, -0.2) is 0 Å². The van der Waals surface area contributed by atoms with Crippen molar-refractivity contribution in [2.75, 3.05) is 6.54 Å². The maximum atomic E-state index is 6.05. The summed E-state index contributed by atoms with van der Waals surface area (Å²) >= 11 is 11.9. The molecule has 1 aromatic carbocycles. The maximum Gasteiger partial charge on any atom is 0.0524 e. The molecule has 68 valence electrons. The molecule has 0 bridgehead atoms. The molecule has 0 amide bonds. The summed E-state index contributed by atoms with van der Waals surface area (Å²) in [7, 11) is 0. The van der Waals surface area contributed by atoms with E-state index in [9.17, 15) is 0 Å². The summed E-state index contributed by atoms with van der Waals surface area (Å²) in [6, 6.07) is 5.82. The van der Waals surface area contributed by atoms with Gasteiger partial charge in [0.2, 0.25) is 0 Å². The van der Waals surface area contributed by atoms with Crippen molar-refractivity contribution < 1.29 is 0 Å². The van der Waals surface area contributed by atoms with Crippen molar-refractivity contribution in [1.29, 1.82) is 0 Å². The number of halogens is 2. The van der Waals surface area contributed by atoms with Crippen molar-refractivity contribution >= 4 is 23.2 Å². The van der Waals surface area contributed by atoms with E-state index in [1.807, 2.05) is 12.1 Å². The van der Waals surface area contributed by atoms with Crippen LogP contribution in [0, 0.1) is 0 Å².